The van der Waals surface area contributed by atoms with Crippen LogP contribution in [0.3, 0.4) is 0 Å². The number of nitrogens with zero attached hydrogens (tertiary/aromatic N) is 2. The minimum absolute atomic E-state index is 0.0893. The van der Waals surface area contributed by atoms with E-state index in [1.54, 1.807) is 0 Å². The van der Waals surface area contributed by atoms with Crippen LogP contribution in [-0.2, 0) is 16.0 Å². The molecule has 0 radical (unpaired) electrons. The Morgan fingerprint density at radius 3 is 2.70 bits per heavy atom. The van der Waals surface area contributed by atoms with E-state index in [9.17, 15) is 4.79 Å². The number of amides is 1. The zero-order valence-corrected chi connectivity index (χ0v) is 16.1. The van der Waals surface area contributed by atoms with E-state index in [4.69, 9.17) is 9.47 Å². The van der Waals surface area contributed by atoms with Gasteiger partial charge in [0, 0.05) is 31.7 Å². The minimum atomic E-state index is -0.418. The number of carbonyl (C=O) groups is 1. The van der Waals surface area contributed by atoms with Crippen molar-refractivity contribution in [1.82, 2.24) is 15.1 Å². The van der Waals surface area contributed by atoms with Gasteiger partial charge in [-0.3, -0.25) is 9.69 Å². The highest BCUT2D eigenvalue weighted by atomic mass is 16.5. The first-order valence-electron chi connectivity index (χ1n) is 10.3. The van der Waals surface area contributed by atoms with Crippen molar-refractivity contribution in [3.05, 3.63) is 35.4 Å². The fourth-order valence-corrected chi connectivity index (χ4v) is 4.29. The molecule has 0 saturated carbocycles. The van der Waals surface area contributed by atoms with Crippen LogP contribution in [-0.4, -0.2) is 80.4 Å². The molecule has 27 heavy (non-hydrogen) atoms. The van der Waals surface area contributed by atoms with Gasteiger partial charge >= 0.3 is 0 Å². The molecule has 6 heteroatoms. The number of likely N-dealkylation sites (tertiary alicyclic amines) is 1. The van der Waals surface area contributed by atoms with Crippen molar-refractivity contribution in [2.24, 2.45) is 0 Å². The molecule has 1 aromatic rings. The third kappa shape index (κ3) is 4.69. The van der Waals surface area contributed by atoms with Gasteiger partial charge in [-0.15, -0.1) is 0 Å². The summed E-state index contributed by atoms with van der Waals surface area (Å²) in [6, 6.07) is 8.17. The van der Waals surface area contributed by atoms with E-state index in [1.807, 2.05) is 17.0 Å². The van der Waals surface area contributed by atoms with E-state index in [0.717, 1.165) is 25.2 Å². The Kier molecular flexibility index (Phi) is 6.08. The molecule has 6 nitrogen and oxygen atoms in total. The van der Waals surface area contributed by atoms with E-state index >= 15 is 0 Å². The first kappa shape index (κ1) is 18.9. The van der Waals surface area contributed by atoms with Gasteiger partial charge in [0.05, 0.1) is 26.4 Å². The van der Waals surface area contributed by atoms with Gasteiger partial charge in [0.25, 0.3) is 5.91 Å². The highest BCUT2D eigenvalue weighted by Crippen LogP contribution is 2.22. The highest BCUT2D eigenvalue weighted by Gasteiger charge is 2.39. The maximum absolute atomic E-state index is 13.0. The van der Waals surface area contributed by atoms with Gasteiger partial charge < -0.3 is 19.7 Å². The molecule has 0 aromatic heterocycles. The van der Waals surface area contributed by atoms with Crippen LogP contribution in [0.15, 0.2) is 24.3 Å². The molecule has 148 valence electrons. The van der Waals surface area contributed by atoms with Crippen molar-refractivity contribution in [3.8, 4) is 0 Å². The normalized spacial score (nSPS) is 27.5. The lowest BCUT2D eigenvalue weighted by Gasteiger charge is -2.41. The van der Waals surface area contributed by atoms with Crippen molar-refractivity contribution in [3.63, 3.8) is 0 Å². The van der Waals surface area contributed by atoms with Gasteiger partial charge in [-0.25, -0.2) is 0 Å². The summed E-state index contributed by atoms with van der Waals surface area (Å²) in [7, 11) is 0. The first-order chi connectivity index (χ1) is 13.2. The molecule has 1 amide bonds. The summed E-state index contributed by atoms with van der Waals surface area (Å²) in [6.45, 7) is 7.92. The lowest BCUT2D eigenvalue weighted by Crippen LogP contribution is -2.59. The Morgan fingerprint density at radius 1 is 1.07 bits per heavy atom. The number of ether oxygens (including phenoxy) is 2. The summed E-state index contributed by atoms with van der Waals surface area (Å²) in [5.74, 6) is 0.0893. The summed E-state index contributed by atoms with van der Waals surface area (Å²) < 4.78 is 11.7. The molecule has 1 N–H and O–H groups in total. The smallest absolute Gasteiger partial charge is 0.254 e. The number of hydrogen-bond donors (Lipinski definition) is 1. The molecule has 3 fully saturated rings. The number of piperidine rings is 1. The van der Waals surface area contributed by atoms with Gasteiger partial charge in [-0.1, -0.05) is 18.6 Å². The second kappa shape index (κ2) is 8.69. The largest absolute Gasteiger partial charge is 0.377 e. The highest BCUT2D eigenvalue weighted by molar-refractivity contribution is 5.94. The standard InChI is InChI=1S/C21H31N3O3/c25-20(24-11-13-27-21(16-24)15-22-8-12-26-17-21)19-6-4-18(5-7-19)14-23-9-2-1-3-10-23/h4-7,22H,1-3,8-17H2/t21-/m1/s1. The van der Waals surface area contributed by atoms with Crippen LogP contribution in [0.25, 0.3) is 0 Å². The molecule has 1 atom stereocenters. The maximum Gasteiger partial charge on any atom is 0.254 e. The Morgan fingerprint density at radius 2 is 1.89 bits per heavy atom. The number of hydrogen-bond acceptors (Lipinski definition) is 5. The molecule has 4 rings (SSSR count). The van der Waals surface area contributed by atoms with Gasteiger partial charge in [0.2, 0.25) is 0 Å². The topological polar surface area (TPSA) is 54.0 Å². The van der Waals surface area contributed by atoms with Crippen molar-refractivity contribution < 1.29 is 14.3 Å². The van der Waals surface area contributed by atoms with Crippen LogP contribution in [0, 0.1) is 0 Å². The van der Waals surface area contributed by atoms with E-state index in [0.29, 0.717) is 32.9 Å². The number of nitrogens with one attached hydrogen (secondary N) is 1. The summed E-state index contributed by atoms with van der Waals surface area (Å²) >= 11 is 0. The van der Waals surface area contributed by atoms with Gasteiger partial charge in [0.15, 0.2) is 0 Å². The molecule has 3 saturated heterocycles. The SMILES string of the molecule is O=C(c1ccc(CN2CCCCC2)cc1)N1CCO[C@]2(CNCCOC2)C1. The predicted molar refractivity (Wildman–Crippen MR) is 104 cm³/mol. The zero-order chi connectivity index (χ0) is 18.5. The summed E-state index contributed by atoms with van der Waals surface area (Å²) in [5, 5.41) is 3.36. The zero-order valence-electron chi connectivity index (χ0n) is 16.1. The second-order valence-corrected chi connectivity index (χ2v) is 8.02. The van der Waals surface area contributed by atoms with Crippen LogP contribution in [0.5, 0.6) is 0 Å². The quantitative estimate of drug-likeness (QED) is 0.870. The van der Waals surface area contributed by atoms with Crippen LogP contribution < -0.4 is 5.32 Å². The van der Waals surface area contributed by atoms with E-state index in [2.05, 4.69) is 22.3 Å². The van der Waals surface area contributed by atoms with Crippen molar-refractivity contribution in [1.29, 1.82) is 0 Å². The Balaban J connectivity index is 1.38. The molecule has 3 aliphatic heterocycles. The molecule has 1 spiro atoms. The predicted octanol–water partition coefficient (Wildman–Crippen LogP) is 1.50. The van der Waals surface area contributed by atoms with Gasteiger partial charge in [-0.05, 0) is 43.6 Å². The van der Waals surface area contributed by atoms with Crippen molar-refractivity contribution in [2.45, 2.75) is 31.4 Å². The summed E-state index contributed by atoms with van der Waals surface area (Å²) in [5.41, 5.74) is 1.63. The Labute approximate surface area is 161 Å². The number of morpholine rings is 1. The molecule has 3 heterocycles. The van der Waals surface area contributed by atoms with E-state index in [-0.39, 0.29) is 5.91 Å². The van der Waals surface area contributed by atoms with Crippen molar-refractivity contribution >= 4 is 5.91 Å². The fraction of sp³-hybridized carbons (Fsp3) is 0.667. The third-order valence-electron chi connectivity index (χ3n) is 5.83. The lowest BCUT2D eigenvalue weighted by atomic mass is 10.0. The maximum atomic E-state index is 13.0. The Bertz CT molecular complexity index is 620. The number of benzene rings is 1. The van der Waals surface area contributed by atoms with Gasteiger partial charge in [-0.2, -0.15) is 0 Å². The number of rotatable bonds is 3. The molecule has 0 aliphatic carbocycles. The summed E-state index contributed by atoms with van der Waals surface area (Å²) in [6.07, 6.45) is 3.95. The number of carbonyl (C=O) groups excluding carboxylic acids is 1. The average molecular weight is 373 g/mol. The third-order valence-corrected chi connectivity index (χ3v) is 5.83. The summed E-state index contributed by atoms with van der Waals surface area (Å²) in [4.78, 5) is 17.4. The van der Waals surface area contributed by atoms with Crippen LogP contribution in [0.4, 0.5) is 0 Å². The molecule has 0 bridgehead atoms. The van der Waals surface area contributed by atoms with Crippen LogP contribution in [0.2, 0.25) is 0 Å². The fourth-order valence-electron chi connectivity index (χ4n) is 4.29. The molecular weight excluding hydrogens is 342 g/mol. The molecule has 3 aliphatic rings. The molecular formula is C21H31N3O3. The minimum Gasteiger partial charge on any atom is -0.377 e. The molecule has 1 aromatic carbocycles. The Hall–Kier alpha value is -1.47. The monoisotopic (exact) mass is 373 g/mol. The lowest BCUT2D eigenvalue weighted by molar-refractivity contribution is -0.125. The molecule has 0 unspecified atom stereocenters. The average Bonchev–Trinajstić information content (AvgIpc) is 2.94. The van der Waals surface area contributed by atoms with Crippen molar-refractivity contribution in [2.75, 3.05) is 59.1 Å². The second-order valence-electron chi connectivity index (χ2n) is 8.02. The first-order valence-corrected chi connectivity index (χ1v) is 10.3. The van der Waals surface area contributed by atoms with E-state index < -0.39 is 5.60 Å². The van der Waals surface area contributed by atoms with Gasteiger partial charge in [0.1, 0.15) is 5.60 Å². The van der Waals surface area contributed by atoms with Crippen LogP contribution in [0.1, 0.15) is 35.2 Å². The van der Waals surface area contributed by atoms with Crippen LogP contribution >= 0.6 is 0 Å². The van der Waals surface area contributed by atoms with E-state index in [1.165, 1.54) is 37.9 Å².